The zero-order chi connectivity index (χ0) is 11.5. The predicted octanol–water partition coefficient (Wildman–Crippen LogP) is 3.70. The third kappa shape index (κ3) is 2.40. The first kappa shape index (κ1) is 11.5. The lowest BCUT2D eigenvalue weighted by Gasteiger charge is -2.06. The molecule has 0 saturated carbocycles. The third-order valence-electron chi connectivity index (χ3n) is 2.21. The van der Waals surface area contributed by atoms with E-state index in [1.807, 2.05) is 36.4 Å². The van der Waals surface area contributed by atoms with Crippen LogP contribution in [0.25, 0.3) is 11.1 Å². The first-order chi connectivity index (χ1) is 7.68. The maximum Gasteiger partial charge on any atom is 0.187 e. The molecule has 0 amide bonds. The van der Waals surface area contributed by atoms with Gasteiger partial charge in [-0.05, 0) is 23.8 Å². The first-order valence-corrected chi connectivity index (χ1v) is 6.54. The Bertz CT molecular complexity index is 540. The Kier molecular flexibility index (Phi) is 3.53. The van der Waals surface area contributed by atoms with Gasteiger partial charge >= 0.3 is 0 Å². The second-order valence-electron chi connectivity index (χ2n) is 3.26. The summed E-state index contributed by atoms with van der Waals surface area (Å²) in [5, 5.41) is 0. The third-order valence-corrected chi connectivity index (χ3v) is 3.44. The molecule has 4 heteroatoms. The highest BCUT2D eigenvalue weighted by Gasteiger charge is 2.08. The summed E-state index contributed by atoms with van der Waals surface area (Å²) in [5.41, 5.74) is 1.71. The Morgan fingerprint density at radius 3 is 2.50 bits per heavy atom. The average molecular weight is 297 g/mol. The van der Waals surface area contributed by atoms with Crippen LogP contribution in [-0.4, -0.2) is 8.76 Å². The van der Waals surface area contributed by atoms with E-state index in [-0.39, 0.29) is 0 Å². The molecule has 0 aromatic heterocycles. The zero-order valence-electron chi connectivity index (χ0n) is 8.26. The number of benzene rings is 2. The van der Waals surface area contributed by atoms with Crippen LogP contribution in [0.15, 0.2) is 57.9 Å². The fourth-order valence-electron chi connectivity index (χ4n) is 1.51. The maximum absolute atomic E-state index is 11.2. The van der Waals surface area contributed by atoms with Crippen molar-refractivity contribution in [1.82, 2.24) is 0 Å². The van der Waals surface area contributed by atoms with E-state index in [0.29, 0.717) is 4.90 Å². The molecule has 0 aliphatic carbocycles. The minimum absolute atomic E-state index is 0.431. The molecule has 82 valence electrons. The van der Waals surface area contributed by atoms with Crippen LogP contribution < -0.4 is 0 Å². The van der Waals surface area contributed by atoms with E-state index in [2.05, 4.69) is 15.9 Å². The van der Waals surface area contributed by atoms with E-state index in [0.717, 1.165) is 15.6 Å². The van der Waals surface area contributed by atoms with Gasteiger partial charge in [-0.25, -0.2) is 4.21 Å². The highest BCUT2D eigenvalue weighted by atomic mass is 79.9. The Labute approximate surface area is 105 Å². The summed E-state index contributed by atoms with van der Waals surface area (Å²) < 4.78 is 21.3. The summed E-state index contributed by atoms with van der Waals surface area (Å²) in [5.74, 6) is 0. The molecule has 0 fully saturated rings. The van der Waals surface area contributed by atoms with Gasteiger partial charge in [0.1, 0.15) is 0 Å². The average Bonchev–Trinajstić information content (AvgIpc) is 2.29. The van der Waals surface area contributed by atoms with Crippen molar-refractivity contribution in [3.05, 3.63) is 53.0 Å². The molecule has 0 aliphatic heterocycles. The van der Waals surface area contributed by atoms with Gasteiger partial charge in [-0.15, -0.1) is 0 Å². The van der Waals surface area contributed by atoms with Crippen LogP contribution in [0.1, 0.15) is 0 Å². The fourth-order valence-corrected chi connectivity index (χ4v) is 2.48. The van der Waals surface area contributed by atoms with E-state index in [9.17, 15) is 8.76 Å². The predicted molar refractivity (Wildman–Crippen MR) is 68.6 cm³/mol. The van der Waals surface area contributed by atoms with Gasteiger partial charge in [0.2, 0.25) is 0 Å². The lowest BCUT2D eigenvalue weighted by atomic mass is 10.1. The molecule has 0 spiro atoms. The Morgan fingerprint density at radius 2 is 1.81 bits per heavy atom. The van der Waals surface area contributed by atoms with Crippen molar-refractivity contribution in [1.29, 1.82) is 0 Å². The van der Waals surface area contributed by atoms with Crippen LogP contribution >= 0.6 is 15.9 Å². The highest BCUT2D eigenvalue weighted by Crippen LogP contribution is 2.27. The van der Waals surface area contributed by atoms with Crippen LogP contribution in [0, 0.1) is 0 Å². The summed E-state index contributed by atoms with van der Waals surface area (Å²) >= 11 is 1.42. The number of halogens is 1. The monoisotopic (exact) mass is 296 g/mol. The van der Waals surface area contributed by atoms with Crippen molar-refractivity contribution < 1.29 is 8.76 Å². The topological polar surface area (TPSA) is 37.3 Å². The van der Waals surface area contributed by atoms with Crippen molar-refractivity contribution in [3.8, 4) is 11.1 Å². The van der Waals surface area contributed by atoms with Crippen molar-refractivity contribution in [2.45, 2.75) is 4.90 Å². The summed E-state index contributed by atoms with van der Waals surface area (Å²) in [4.78, 5) is 0.431. The molecule has 2 rings (SSSR count). The van der Waals surface area contributed by atoms with Crippen LogP contribution in [0.5, 0.6) is 0 Å². The van der Waals surface area contributed by atoms with Gasteiger partial charge in [0, 0.05) is 10.0 Å². The quantitative estimate of drug-likeness (QED) is 0.858. The van der Waals surface area contributed by atoms with Crippen molar-refractivity contribution in [2.24, 2.45) is 0 Å². The molecule has 2 aromatic rings. The smallest absolute Gasteiger partial charge is 0.187 e. The van der Waals surface area contributed by atoms with E-state index in [1.54, 1.807) is 12.1 Å². The van der Waals surface area contributed by atoms with Crippen molar-refractivity contribution in [3.63, 3.8) is 0 Å². The zero-order valence-corrected chi connectivity index (χ0v) is 10.7. The number of rotatable bonds is 2. The van der Waals surface area contributed by atoms with E-state index < -0.39 is 11.1 Å². The molecular weight excluding hydrogens is 288 g/mol. The lowest BCUT2D eigenvalue weighted by molar-refractivity contribution is 0.564. The van der Waals surface area contributed by atoms with Crippen molar-refractivity contribution >= 4 is 27.0 Å². The van der Waals surface area contributed by atoms with E-state index in [4.69, 9.17) is 0 Å². The second-order valence-corrected chi connectivity index (χ2v) is 5.11. The molecule has 0 aliphatic rings. The number of hydrogen-bond acceptors (Lipinski definition) is 1. The molecule has 16 heavy (non-hydrogen) atoms. The summed E-state index contributed by atoms with van der Waals surface area (Å²) in [6, 6.07) is 14.8. The molecule has 0 saturated heterocycles. The molecule has 1 unspecified atom stereocenters. The molecule has 2 aromatic carbocycles. The standard InChI is InChI=1S/C12H9BrO2S/c13-10-5-3-4-9(8-10)11-6-1-2-7-12(11)16(14)15/h1-8H,(H,14,15). The lowest BCUT2D eigenvalue weighted by Crippen LogP contribution is -1.92. The first-order valence-electron chi connectivity index (χ1n) is 4.64. The summed E-state index contributed by atoms with van der Waals surface area (Å²) in [7, 11) is 0. The van der Waals surface area contributed by atoms with E-state index >= 15 is 0 Å². The van der Waals surface area contributed by atoms with Crippen LogP contribution in [0.3, 0.4) is 0 Å². The summed E-state index contributed by atoms with van der Waals surface area (Å²) in [6.07, 6.45) is 0. The largest absolute Gasteiger partial charge is 0.302 e. The van der Waals surface area contributed by atoms with Gasteiger partial charge in [-0.3, -0.25) is 0 Å². The SMILES string of the molecule is O=S(O)c1ccccc1-c1cccc(Br)c1. The van der Waals surface area contributed by atoms with Gasteiger partial charge in [0.25, 0.3) is 0 Å². The Hall–Kier alpha value is -0.970. The highest BCUT2D eigenvalue weighted by molar-refractivity contribution is 9.10. The van der Waals surface area contributed by atoms with Crippen LogP contribution in [0.4, 0.5) is 0 Å². The molecule has 0 radical (unpaired) electrons. The summed E-state index contributed by atoms with van der Waals surface area (Å²) in [6.45, 7) is 0. The van der Waals surface area contributed by atoms with Crippen LogP contribution in [0.2, 0.25) is 0 Å². The normalized spacial score (nSPS) is 12.4. The molecule has 1 atom stereocenters. The molecule has 1 N–H and O–H groups in total. The van der Waals surface area contributed by atoms with Gasteiger partial charge in [-0.2, -0.15) is 0 Å². The maximum atomic E-state index is 11.2. The minimum Gasteiger partial charge on any atom is -0.302 e. The second kappa shape index (κ2) is 4.91. The molecule has 0 heterocycles. The van der Waals surface area contributed by atoms with Gasteiger partial charge in [0.15, 0.2) is 11.1 Å². The van der Waals surface area contributed by atoms with Crippen LogP contribution in [-0.2, 0) is 11.1 Å². The van der Waals surface area contributed by atoms with Gasteiger partial charge < -0.3 is 4.55 Å². The van der Waals surface area contributed by atoms with Crippen molar-refractivity contribution in [2.75, 3.05) is 0 Å². The fraction of sp³-hybridized carbons (Fsp3) is 0. The molecule has 2 nitrogen and oxygen atoms in total. The molecular formula is C12H9BrO2S. The number of hydrogen-bond donors (Lipinski definition) is 1. The van der Waals surface area contributed by atoms with Gasteiger partial charge in [-0.1, -0.05) is 46.3 Å². The van der Waals surface area contributed by atoms with Gasteiger partial charge in [0.05, 0.1) is 4.90 Å². The minimum atomic E-state index is -1.96. The van der Waals surface area contributed by atoms with E-state index in [1.165, 1.54) is 0 Å². The Morgan fingerprint density at radius 1 is 1.06 bits per heavy atom. The molecule has 0 bridgehead atoms. The Balaban J connectivity index is 2.60.